The van der Waals surface area contributed by atoms with Crippen LogP contribution in [0.15, 0.2) is 0 Å². The van der Waals surface area contributed by atoms with Crippen LogP contribution in [0.4, 0.5) is 0 Å². The first-order valence-corrected chi connectivity index (χ1v) is 8.08. The Balaban J connectivity index is 1.67. The summed E-state index contributed by atoms with van der Waals surface area (Å²) in [5.41, 5.74) is 0. The number of aliphatic carboxylic acids is 1. The van der Waals surface area contributed by atoms with Crippen molar-refractivity contribution in [3.63, 3.8) is 0 Å². The molecule has 0 aromatic heterocycles. The maximum absolute atomic E-state index is 12.1. The van der Waals surface area contributed by atoms with E-state index in [1.54, 1.807) is 0 Å². The highest BCUT2D eigenvalue weighted by molar-refractivity contribution is 5.84. The van der Waals surface area contributed by atoms with Gasteiger partial charge in [-0.15, -0.1) is 0 Å². The molecule has 6 heteroatoms. The van der Waals surface area contributed by atoms with Crippen molar-refractivity contribution < 1.29 is 24.3 Å². The molecule has 0 bridgehead atoms. The van der Waals surface area contributed by atoms with Gasteiger partial charge in [0.25, 0.3) is 0 Å². The zero-order chi connectivity index (χ0) is 15.1. The molecule has 0 spiro atoms. The summed E-state index contributed by atoms with van der Waals surface area (Å²) in [4.78, 5) is 24.7. The van der Waals surface area contributed by atoms with Gasteiger partial charge >= 0.3 is 0 Å². The molecule has 21 heavy (non-hydrogen) atoms. The van der Waals surface area contributed by atoms with E-state index in [4.69, 9.17) is 4.74 Å². The number of nitrogens with one attached hydrogen (secondary N) is 2. The number of carboxylic acids is 1. The fourth-order valence-electron chi connectivity index (χ4n) is 3.32. The lowest BCUT2D eigenvalue weighted by atomic mass is 9.79. The number of amides is 1. The van der Waals surface area contributed by atoms with Crippen molar-refractivity contribution in [2.45, 2.75) is 32.1 Å². The predicted octanol–water partition coefficient (Wildman–Crippen LogP) is -2.04. The van der Waals surface area contributed by atoms with E-state index in [9.17, 15) is 14.7 Å². The van der Waals surface area contributed by atoms with Gasteiger partial charge in [-0.2, -0.15) is 0 Å². The third-order valence-corrected chi connectivity index (χ3v) is 4.61. The lowest BCUT2D eigenvalue weighted by molar-refractivity contribution is -0.908. The second kappa shape index (κ2) is 8.34. The molecule has 120 valence electrons. The van der Waals surface area contributed by atoms with Gasteiger partial charge in [0.05, 0.1) is 19.8 Å². The third-order valence-electron chi connectivity index (χ3n) is 4.61. The molecule has 0 aromatic rings. The van der Waals surface area contributed by atoms with Crippen LogP contribution < -0.4 is 15.3 Å². The molecule has 1 aliphatic heterocycles. The fraction of sp³-hybridized carbons (Fsp3) is 0.867. The van der Waals surface area contributed by atoms with Gasteiger partial charge in [-0.05, 0) is 12.8 Å². The van der Waals surface area contributed by atoms with Gasteiger partial charge in [-0.25, -0.2) is 0 Å². The molecule has 2 rings (SSSR count). The van der Waals surface area contributed by atoms with Crippen molar-refractivity contribution >= 4 is 11.9 Å². The molecule has 6 nitrogen and oxygen atoms in total. The molecular formula is C15H26N2O4. The topological polar surface area (TPSA) is 82.9 Å². The summed E-state index contributed by atoms with van der Waals surface area (Å²) in [6.45, 7) is 5.35. The highest BCUT2D eigenvalue weighted by Crippen LogP contribution is 2.29. The molecule has 2 fully saturated rings. The Hall–Kier alpha value is -1.14. The van der Waals surface area contributed by atoms with E-state index >= 15 is 0 Å². The molecule has 0 aromatic carbocycles. The minimum Gasteiger partial charge on any atom is -0.550 e. The second-order valence-electron chi connectivity index (χ2n) is 6.07. The Labute approximate surface area is 125 Å². The average Bonchev–Trinajstić information content (AvgIpc) is 2.52. The van der Waals surface area contributed by atoms with Crippen LogP contribution in [0, 0.1) is 11.8 Å². The number of hydrogen-bond donors (Lipinski definition) is 2. The smallest absolute Gasteiger partial charge is 0.223 e. The van der Waals surface area contributed by atoms with Crippen molar-refractivity contribution in [2.24, 2.45) is 11.8 Å². The zero-order valence-electron chi connectivity index (χ0n) is 12.6. The van der Waals surface area contributed by atoms with E-state index in [2.05, 4.69) is 5.32 Å². The molecule has 1 saturated heterocycles. The maximum atomic E-state index is 12.1. The summed E-state index contributed by atoms with van der Waals surface area (Å²) in [6.07, 6.45) is 3.96. The van der Waals surface area contributed by atoms with Crippen molar-refractivity contribution in [1.29, 1.82) is 0 Å². The molecule has 2 atom stereocenters. The number of rotatable bonds is 6. The molecule has 0 unspecified atom stereocenters. The highest BCUT2D eigenvalue weighted by atomic mass is 16.5. The van der Waals surface area contributed by atoms with Gasteiger partial charge in [-0.1, -0.05) is 12.8 Å². The van der Waals surface area contributed by atoms with Gasteiger partial charge < -0.3 is 24.9 Å². The Bertz CT molecular complexity index is 356. The average molecular weight is 298 g/mol. The van der Waals surface area contributed by atoms with Crippen LogP contribution in [-0.2, 0) is 14.3 Å². The number of hydrogen-bond acceptors (Lipinski definition) is 4. The Kier molecular flexibility index (Phi) is 6.45. The molecule has 1 heterocycles. The summed E-state index contributed by atoms with van der Waals surface area (Å²) in [5.74, 6) is -2.20. The summed E-state index contributed by atoms with van der Waals surface area (Å²) in [5, 5.41) is 14.0. The molecule has 0 radical (unpaired) electrons. The molecule has 1 amide bonds. The van der Waals surface area contributed by atoms with E-state index in [0.29, 0.717) is 19.4 Å². The lowest BCUT2D eigenvalue weighted by Gasteiger charge is -2.31. The maximum Gasteiger partial charge on any atom is 0.223 e. The van der Waals surface area contributed by atoms with Crippen LogP contribution in [0.1, 0.15) is 32.1 Å². The third kappa shape index (κ3) is 4.97. The Morgan fingerprint density at radius 3 is 2.48 bits per heavy atom. The molecular weight excluding hydrogens is 272 g/mol. The second-order valence-corrected chi connectivity index (χ2v) is 6.07. The van der Waals surface area contributed by atoms with Gasteiger partial charge in [0.1, 0.15) is 13.1 Å². The monoisotopic (exact) mass is 298 g/mol. The van der Waals surface area contributed by atoms with Gasteiger partial charge in [0, 0.05) is 30.8 Å². The van der Waals surface area contributed by atoms with Crippen molar-refractivity contribution in [2.75, 3.05) is 39.4 Å². The van der Waals surface area contributed by atoms with Crippen LogP contribution in [-0.4, -0.2) is 51.3 Å². The number of carbonyl (C=O) groups is 2. The first kappa shape index (κ1) is 16.2. The number of quaternary nitrogens is 1. The minimum atomic E-state index is -1.08. The lowest BCUT2D eigenvalue weighted by Crippen LogP contribution is -3.14. The van der Waals surface area contributed by atoms with Crippen molar-refractivity contribution in [1.82, 2.24) is 5.32 Å². The summed E-state index contributed by atoms with van der Waals surface area (Å²) >= 11 is 0. The number of morpholine rings is 1. The van der Waals surface area contributed by atoms with Crippen LogP contribution >= 0.6 is 0 Å². The predicted molar refractivity (Wildman–Crippen MR) is 74.5 cm³/mol. The Morgan fingerprint density at radius 2 is 1.81 bits per heavy atom. The standard InChI is InChI=1S/C15H26N2O4/c18-14(12-4-1-2-5-13(12)15(19)20)16-6-3-7-17-8-10-21-11-9-17/h12-13H,1-11H2,(H,16,18)(H,19,20)/t12-,13-/m0/s1. The number of ether oxygens (including phenoxy) is 1. The van der Waals surface area contributed by atoms with E-state index < -0.39 is 17.8 Å². The first-order chi connectivity index (χ1) is 10.2. The molecule has 2 aliphatic rings. The van der Waals surface area contributed by atoms with E-state index in [1.807, 2.05) is 0 Å². The first-order valence-electron chi connectivity index (χ1n) is 8.08. The summed E-state index contributed by atoms with van der Waals surface area (Å²) < 4.78 is 5.31. The number of carbonyl (C=O) groups excluding carboxylic acids is 2. The zero-order valence-corrected chi connectivity index (χ0v) is 12.6. The van der Waals surface area contributed by atoms with Crippen LogP contribution in [0.2, 0.25) is 0 Å². The van der Waals surface area contributed by atoms with E-state index in [0.717, 1.165) is 52.1 Å². The normalized spacial score (nSPS) is 27.2. The SMILES string of the molecule is O=C([O-])[C@H]1CCCC[C@@H]1C(=O)NCCC[NH+]1CCOCC1. The quantitative estimate of drug-likeness (QED) is 0.554. The van der Waals surface area contributed by atoms with Crippen LogP contribution in [0.3, 0.4) is 0 Å². The number of carboxylic acid groups (broad SMARTS) is 1. The summed E-state index contributed by atoms with van der Waals surface area (Å²) in [6, 6.07) is 0. The Morgan fingerprint density at radius 1 is 1.14 bits per heavy atom. The fourth-order valence-corrected chi connectivity index (χ4v) is 3.32. The van der Waals surface area contributed by atoms with Gasteiger partial charge in [-0.3, -0.25) is 4.79 Å². The highest BCUT2D eigenvalue weighted by Gasteiger charge is 2.31. The largest absolute Gasteiger partial charge is 0.550 e. The van der Waals surface area contributed by atoms with E-state index in [1.165, 1.54) is 4.90 Å². The minimum absolute atomic E-state index is 0.110. The summed E-state index contributed by atoms with van der Waals surface area (Å²) in [7, 11) is 0. The van der Waals surface area contributed by atoms with Gasteiger partial charge in [0.2, 0.25) is 5.91 Å². The van der Waals surface area contributed by atoms with E-state index in [-0.39, 0.29) is 5.91 Å². The van der Waals surface area contributed by atoms with Crippen molar-refractivity contribution in [3.05, 3.63) is 0 Å². The van der Waals surface area contributed by atoms with Gasteiger partial charge in [0.15, 0.2) is 0 Å². The molecule has 1 aliphatic carbocycles. The van der Waals surface area contributed by atoms with Crippen LogP contribution in [0.25, 0.3) is 0 Å². The van der Waals surface area contributed by atoms with Crippen LogP contribution in [0.5, 0.6) is 0 Å². The molecule has 1 saturated carbocycles. The molecule has 2 N–H and O–H groups in total. The van der Waals surface area contributed by atoms with Crippen molar-refractivity contribution in [3.8, 4) is 0 Å².